The van der Waals surface area contributed by atoms with Gasteiger partial charge in [-0.2, -0.15) is 0 Å². The Bertz CT molecular complexity index is 2400. The van der Waals surface area contributed by atoms with Crippen LogP contribution < -0.4 is 5.73 Å². The lowest BCUT2D eigenvalue weighted by atomic mass is 10.0. The van der Waals surface area contributed by atoms with E-state index in [1.807, 2.05) is 101 Å². The average Bonchev–Trinajstić information content (AvgIpc) is 3.82. The molecule has 0 spiro atoms. The van der Waals surface area contributed by atoms with Crippen molar-refractivity contribution in [1.82, 2.24) is 14.9 Å². The largest absolute Gasteiger partial charge is 0.465 e. The van der Waals surface area contributed by atoms with E-state index in [1.54, 1.807) is 0 Å². The molecule has 6 rings (SSSR count). The van der Waals surface area contributed by atoms with Crippen molar-refractivity contribution in [2.24, 2.45) is 4.99 Å². The highest BCUT2D eigenvalue weighted by Crippen LogP contribution is 2.33. The maximum atomic E-state index is 12.4. The predicted molar refractivity (Wildman–Crippen MR) is 236 cm³/mol. The summed E-state index contributed by atoms with van der Waals surface area (Å²) in [6.07, 6.45) is 3.18. The highest BCUT2D eigenvalue weighted by Gasteiger charge is 2.22. The van der Waals surface area contributed by atoms with Gasteiger partial charge in [-0.1, -0.05) is 71.8 Å². The molecule has 0 unspecified atom stereocenters. The van der Waals surface area contributed by atoms with E-state index in [0.717, 1.165) is 78.0 Å². The number of thiazole rings is 2. The van der Waals surface area contributed by atoms with Gasteiger partial charge in [0.1, 0.15) is 9.75 Å². The fraction of sp³-hybridized carbons (Fsp3) is 0.283. The molecule has 4 aromatic carbocycles. The zero-order valence-electron chi connectivity index (χ0n) is 34.4. The minimum absolute atomic E-state index is 0.350. The summed E-state index contributed by atoms with van der Waals surface area (Å²) in [6.45, 7) is 15.3. The number of rotatable bonds is 11. The minimum atomic E-state index is -0.352. The van der Waals surface area contributed by atoms with Crippen molar-refractivity contribution < 1.29 is 19.1 Å². The lowest BCUT2D eigenvalue weighted by molar-refractivity contribution is 0.0598. The zero-order valence-corrected chi connectivity index (χ0v) is 36.1. The number of nitrogen functional groups attached to an aromatic ring is 1. The molecule has 0 aliphatic heterocycles. The molecule has 0 saturated carbocycles. The van der Waals surface area contributed by atoms with Gasteiger partial charge in [0.15, 0.2) is 0 Å². The second-order valence-corrected chi connectivity index (χ2v) is 16.3. The van der Waals surface area contributed by atoms with Gasteiger partial charge >= 0.3 is 11.9 Å². The number of nitrogens with zero attached hydrogens (tertiary/aromatic N) is 4. The van der Waals surface area contributed by atoms with Crippen molar-refractivity contribution >= 4 is 52.3 Å². The van der Waals surface area contributed by atoms with E-state index < -0.39 is 0 Å². The number of aryl methyl sites for hydroxylation is 6. The molecule has 0 radical (unpaired) electrons. The molecule has 0 bridgehead atoms. The third-order valence-electron chi connectivity index (χ3n) is 9.69. The molecule has 2 heterocycles. The fourth-order valence-corrected chi connectivity index (χ4v) is 8.06. The fourth-order valence-electron chi connectivity index (χ4n) is 6.00. The summed E-state index contributed by atoms with van der Waals surface area (Å²) in [5, 5.41) is 1.77. The molecule has 296 valence electrons. The van der Waals surface area contributed by atoms with Crippen molar-refractivity contribution in [3.8, 4) is 22.5 Å². The molecule has 6 aromatic rings. The topological polar surface area (TPSA) is 120 Å². The summed E-state index contributed by atoms with van der Waals surface area (Å²) in [7, 11) is 4.81. The van der Waals surface area contributed by atoms with Crippen LogP contribution in [0.2, 0.25) is 0 Å². The van der Waals surface area contributed by atoms with Gasteiger partial charge < -0.3 is 20.1 Å². The van der Waals surface area contributed by atoms with Crippen molar-refractivity contribution in [3.63, 3.8) is 0 Å². The van der Waals surface area contributed by atoms with E-state index >= 15 is 0 Å². The molecule has 0 aliphatic rings. The molecule has 0 saturated heterocycles. The van der Waals surface area contributed by atoms with E-state index in [1.165, 1.54) is 42.5 Å². The van der Waals surface area contributed by atoms with Crippen molar-refractivity contribution in [2.75, 3.05) is 33.5 Å². The Balaban J connectivity index is 0.000000221. The third-order valence-corrected chi connectivity index (χ3v) is 11.8. The van der Waals surface area contributed by atoms with Crippen LogP contribution in [-0.4, -0.2) is 61.0 Å². The Hall–Kier alpha value is -5.65. The maximum absolute atomic E-state index is 12.4. The van der Waals surface area contributed by atoms with Gasteiger partial charge in [0.25, 0.3) is 0 Å². The number of nitrogens with two attached hydrogens (primary N) is 1. The average molecular weight is 802 g/mol. The summed E-state index contributed by atoms with van der Waals surface area (Å²) >= 11 is 2.79. The molecule has 2 N–H and O–H groups in total. The molecule has 2 aromatic heterocycles. The summed E-state index contributed by atoms with van der Waals surface area (Å²) in [5.41, 5.74) is 20.1. The molecule has 9 nitrogen and oxygen atoms in total. The van der Waals surface area contributed by atoms with E-state index in [2.05, 4.69) is 44.0 Å². The summed E-state index contributed by atoms with van der Waals surface area (Å²) < 4.78 is 9.97. The van der Waals surface area contributed by atoms with Crippen LogP contribution in [0.4, 0.5) is 11.4 Å². The van der Waals surface area contributed by atoms with Crippen LogP contribution in [0.15, 0.2) is 77.8 Å². The Morgan fingerprint density at radius 1 is 0.684 bits per heavy atom. The first-order chi connectivity index (χ1) is 27.2. The first kappa shape index (κ1) is 42.5. The second kappa shape index (κ2) is 19.0. The molecule has 0 atom stereocenters. The lowest BCUT2D eigenvalue weighted by Crippen LogP contribution is -2.14. The van der Waals surface area contributed by atoms with Gasteiger partial charge in [0.05, 0.1) is 47.6 Å². The van der Waals surface area contributed by atoms with E-state index in [0.29, 0.717) is 34.0 Å². The Morgan fingerprint density at radius 2 is 1.12 bits per heavy atom. The number of ether oxygens (including phenoxy) is 2. The van der Waals surface area contributed by atoms with Crippen LogP contribution in [0.1, 0.15) is 80.8 Å². The molecule has 57 heavy (non-hydrogen) atoms. The van der Waals surface area contributed by atoms with Gasteiger partial charge in [-0.05, 0) is 94.0 Å². The van der Waals surface area contributed by atoms with Crippen LogP contribution in [0, 0.1) is 41.5 Å². The molecule has 0 amide bonds. The van der Waals surface area contributed by atoms with Crippen LogP contribution in [0.25, 0.3) is 22.5 Å². The number of methoxy groups -OCH3 is 2. The van der Waals surface area contributed by atoms with E-state index in [-0.39, 0.29) is 11.9 Å². The standard InChI is InChI=1S/C25H29N3O2S.C21H22N2O2S/c1-7-28(5)15-26-21-13-17(3)20(12-18(21)4)14-22-27-23(24(31-22)25(29)30-6)19-10-8-16(2)9-11-19;1-12-5-7-15(8-6-12)19-20(21(24)25-4)26-18(23-19)11-16-9-14(3)17(22)10-13(16)2/h8-13,15H,7,14H2,1-6H3;5-10H,11,22H2,1-4H3. The number of hydrogen-bond acceptors (Lipinski definition) is 10. The number of hydrogen-bond donors (Lipinski definition) is 1. The molecular formula is C46H51N5O4S2. The summed E-state index contributed by atoms with van der Waals surface area (Å²) in [4.78, 5) is 41.9. The zero-order chi connectivity index (χ0) is 41.4. The van der Waals surface area contributed by atoms with Crippen molar-refractivity contribution in [1.29, 1.82) is 0 Å². The van der Waals surface area contributed by atoms with Crippen LogP contribution >= 0.6 is 22.7 Å². The predicted octanol–water partition coefficient (Wildman–Crippen LogP) is 10.4. The Labute approximate surface area is 344 Å². The molecular weight excluding hydrogens is 751 g/mol. The molecule has 0 aliphatic carbocycles. The smallest absolute Gasteiger partial charge is 0.350 e. The Kier molecular flexibility index (Phi) is 14.2. The number of carbonyl (C=O) groups excluding carboxylic acids is 2. The lowest BCUT2D eigenvalue weighted by Gasteiger charge is -2.11. The Morgan fingerprint density at radius 3 is 1.56 bits per heavy atom. The maximum Gasteiger partial charge on any atom is 0.350 e. The van der Waals surface area contributed by atoms with Gasteiger partial charge in [0, 0.05) is 43.2 Å². The van der Waals surface area contributed by atoms with Crippen LogP contribution in [0.3, 0.4) is 0 Å². The van der Waals surface area contributed by atoms with Gasteiger partial charge in [0.2, 0.25) is 0 Å². The van der Waals surface area contributed by atoms with Gasteiger partial charge in [-0.3, -0.25) is 0 Å². The van der Waals surface area contributed by atoms with Crippen LogP contribution in [0.5, 0.6) is 0 Å². The molecule has 0 fully saturated rings. The number of aliphatic imine (C=N–C) groups is 1. The number of carbonyl (C=O) groups is 2. The first-order valence-corrected chi connectivity index (χ1v) is 20.3. The number of anilines is 1. The highest BCUT2D eigenvalue weighted by atomic mass is 32.1. The summed E-state index contributed by atoms with van der Waals surface area (Å²) in [5.74, 6) is -0.702. The number of esters is 2. The van der Waals surface area contributed by atoms with Gasteiger partial charge in [-0.15, -0.1) is 22.7 Å². The SMILES string of the molecule is CCN(C)C=Nc1cc(C)c(Cc2nc(-c3ccc(C)cc3)c(C(=O)OC)s2)cc1C.COC(=O)c1sc(Cc2cc(C)c(N)cc2C)nc1-c1ccc(C)cc1. The van der Waals surface area contributed by atoms with E-state index in [9.17, 15) is 9.59 Å². The first-order valence-electron chi connectivity index (χ1n) is 18.7. The second-order valence-electron chi connectivity index (χ2n) is 14.2. The van der Waals surface area contributed by atoms with Crippen molar-refractivity contribution in [3.05, 3.63) is 137 Å². The minimum Gasteiger partial charge on any atom is -0.465 e. The van der Waals surface area contributed by atoms with E-state index in [4.69, 9.17) is 25.2 Å². The van der Waals surface area contributed by atoms with Gasteiger partial charge in [-0.25, -0.2) is 24.5 Å². The highest BCUT2D eigenvalue weighted by molar-refractivity contribution is 7.14. The number of benzene rings is 4. The van der Waals surface area contributed by atoms with Crippen molar-refractivity contribution in [2.45, 2.75) is 61.3 Å². The molecule has 11 heteroatoms. The summed E-state index contributed by atoms with van der Waals surface area (Å²) in [6, 6.07) is 24.4. The normalized spacial score (nSPS) is 11.0. The third kappa shape index (κ3) is 10.6. The van der Waals surface area contributed by atoms with Crippen LogP contribution in [-0.2, 0) is 22.3 Å². The number of aromatic nitrogens is 2. The monoisotopic (exact) mass is 801 g/mol. The quantitative estimate of drug-likeness (QED) is 0.0595.